The summed E-state index contributed by atoms with van der Waals surface area (Å²) in [4.78, 5) is 22.9. The highest BCUT2D eigenvalue weighted by atomic mass is 19.1. The first kappa shape index (κ1) is 17.1. The molecule has 2 N–H and O–H groups in total. The first-order chi connectivity index (χ1) is 9.97. The van der Waals surface area contributed by atoms with E-state index in [2.05, 4.69) is 24.5 Å². The first-order valence-electron chi connectivity index (χ1n) is 6.87. The number of rotatable bonds is 8. The highest BCUT2D eigenvalue weighted by Crippen LogP contribution is 2.07. The number of anilines is 1. The monoisotopic (exact) mass is 296 g/mol. The van der Waals surface area contributed by atoms with Crippen LogP contribution in [-0.4, -0.2) is 31.6 Å². The van der Waals surface area contributed by atoms with Gasteiger partial charge < -0.3 is 15.4 Å². The minimum Gasteiger partial charge on any atom is -0.362 e. The van der Waals surface area contributed by atoms with Crippen LogP contribution in [-0.2, 0) is 14.3 Å². The number of carbonyl (C=O) groups is 2. The minimum absolute atomic E-state index is 0.158. The topological polar surface area (TPSA) is 67.4 Å². The highest BCUT2D eigenvalue weighted by Gasteiger charge is 2.06. The van der Waals surface area contributed by atoms with Crippen molar-refractivity contribution >= 4 is 17.5 Å². The molecular weight excluding hydrogens is 275 g/mol. The van der Waals surface area contributed by atoms with Gasteiger partial charge in [0.25, 0.3) is 0 Å². The van der Waals surface area contributed by atoms with Crippen LogP contribution in [0.4, 0.5) is 10.1 Å². The molecule has 0 atom stereocenters. The molecule has 2 amide bonds. The summed E-state index contributed by atoms with van der Waals surface area (Å²) in [5.41, 5.74) is 0.478. The third-order valence-electron chi connectivity index (χ3n) is 2.64. The number of nitrogens with one attached hydrogen (secondary N) is 2. The molecule has 0 saturated heterocycles. The van der Waals surface area contributed by atoms with E-state index in [1.165, 1.54) is 24.3 Å². The number of hydrogen-bond acceptors (Lipinski definition) is 3. The molecule has 0 heterocycles. The maximum atomic E-state index is 12.7. The number of benzene rings is 1. The standard InChI is InChI=1S/C15H21FN2O3/c1-11(2)7-8-17-14(19)9-21-10-15(20)18-13-5-3-12(16)4-6-13/h3-6,11H,7-10H2,1-2H3,(H,17,19)(H,18,20). The van der Waals surface area contributed by atoms with E-state index in [0.717, 1.165) is 6.42 Å². The molecule has 0 aliphatic rings. The Bertz CT molecular complexity index is 460. The second-order valence-corrected chi connectivity index (χ2v) is 5.08. The van der Waals surface area contributed by atoms with E-state index >= 15 is 0 Å². The van der Waals surface area contributed by atoms with Gasteiger partial charge in [0.1, 0.15) is 19.0 Å². The normalized spacial score (nSPS) is 10.5. The average molecular weight is 296 g/mol. The van der Waals surface area contributed by atoms with Crippen LogP contribution in [0.5, 0.6) is 0 Å². The van der Waals surface area contributed by atoms with Gasteiger partial charge in [0.2, 0.25) is 11.8 Å². The summed E-state index contributed by atoms with van der Waals surface area (Å²) in [7, 11) is 0. The van der Waals surface area contributed by atoms with Gasteiger partial charge in [-0.25, -0.2) is 4.39 Å². The van der Waals surface area contributed by atoms with Gasteiger partial charge in [-0.2, -0.15) is 0 Å². The van der Waals surface area contributed by atoms with E-state index < -0.39 is 5.91 Å². The van der Waals surface area contributed by atoms with Gasteiger partial charge in [-0.3, -0.25) is 9.59 Å². The molecule has 5 nitrogen and oxygen atoms in total. The maximum absolute atomic E-state index is 12.7. The molecule has 1 aromatic carbocycles. The Kier molecular flexibility index (Phi) is 7.39. The van der Waals surface area contributed by atoms with Crippen molar-refractivity contribution in [1.82, 2.24) is 5.32 Å². The Labute approximate surface area is 123 Å². The van der Waals surface area contributed by atoms with Crippen LogP contribution in [0, 0.1) is 11.7 Å². The van der Waals surface area contributed by atoms with Crippen LogP contribution in [0.2, 0.25) is 0 Å². The molecule has 0 fully saturated rings. The molecule has 0 aliphatic heterocycles. The van der Waals surface area contributed by atoms with Crippen molar-refractivity contribution < 1.29 is 18.7 Å². The summed E-state index contributed by atoms with van der Waals surface area (Å²) < 4.78 is 17.7. The van der Waals surface area contributed by atoms with Gasteiger partial charge in [0.05, 0.1) is 0 Å². The molecule has 0 aromatic heterocycles. The lowest BCUT2D eigenvalue weighted by molar-refractivity contribution is -0.128. The largest absolute Gasteiger partial charge is 0.362 e. The van der Waals surface area contributed by atoms with Gasteiger partial charge in [-0.05, 0) is 36.6 Å². The van der Waals surface area contributed by atoms with Crippen LogP contribution in [0.3, 0.4) is 0 Å². The molecule has 0 bridgehead atoms. The van der Waals surface area contributed by atoms with E-state index in [0.29, 0.717) is 18.2 Å². The summed E-state index contributed by atoms with van der Waals surface area (Å²) in [5, 5.41) is 5.25. The average Bonchev–Trinajstić information content (AvgIpc) is 2.41. The van der Waals surface area contributed by atoms with Crippen LogP contribution < -0.4 is 10.6 Å². The molecule has 116 valence electrons. The number of hydrogen-bond donors (Lipinski definition) is 2. The number of halogens is 1. The molecule has 0 aliphatic carbocycles. The first-order valence-corrected chi connectivity index (χ1v) is 6.87. The fourth-order valence-electron chi connectivity index (χ4n) is 1.52. The molecule has 0 spiro atoms. The molecule has 0 radical (unpaired) electrons. The number of amides is 2. The van der Waals surface area contributed by atoms with Crippen molar-refractivity contribution in [2.45, 2.75) is 20.3 Å². The van der Waals surface area contributed by atoms with E-state index in [4.69, 9.17) is 4.74 Å². The zero-order valence-electron chi connectivity index (χ0n) is 12.3. The van der Waals surface area contributed by atoms with Crippen molar-refractivity contribution in [1.29, 1.82) is 0 Å². The zero-order valence-corrected chi connectivity index (χ0v) is 12.3. The Morgan fingerprint density at radius 2 is 1.76 bits per heavy atom. The summed E-state index contributed by atoms with van der Waals surface area (Å²) in [5.74, 6) is -0.489. The smallest absolute Gasteiger partial charge is 0.250 e. The Balaban J connectivity index is 2.15. The van der Waals surface area contributed by atoms with Crippen molar-refractivity contribution in [3.05, 3.63) is 30.1 Å². The van der Waals surface area contributed by atoms with Crippen LogP contribution in [0.25, 0.3) is 0 Å². The number of ether oxygens (including phenoxy) is 1. The summed E-state index contributed by atoms with van der Waals surface area (Å²) in [6.45, 7) is 4.36. The van der Waals surface area contributed by atoms with Gasteiger partial charge in [-0.1, -0.05) is 13.8 Å². The van der Waals surface area contributed by atoms with Crippen LogP contribution >= 0.6 is 0 Å². The molecule has 21 heavy (non-hydrogen) atoms. The fraction of sp³-hybridized carbons (Fsp3) is 0.467. The Hall–Kier alpha value is -1.95. The minimum atomic E-state index is -0.392. The van der Waals surface area contributed by atoms with Crippen molar-refractivity contribution in [2.75, 3.05) is 25.1 Å². The lowest BCUT2D eigenvalue weighted by atomic mass is 10.1. The summed E-state index contributed by atoms with van der Waals surface area (Å²) in [6.07, 6.45) is 0.900. The van der Waals surface area contributed by atoms with Crippen LogP contribution in [0.1, 0.15) is 20.3 Å². The van der Waals surface area contributed by atoms with Crippen molar-refractivity contribution in [2.24, 2.45) is 5.92 Å². The number of carbonyl (C=O) groups excluding carboxylic acids is 2. The van der Waals surface area contributed by atoms with E-state index in [9.17, 15) is 14.0 Å². The second-order valence-electron chi connectivity index (χ2n) is 5.08. The lowest BCUT2D eigenvalue weighted by Gasteiger charge is -2.08. The van der Waals surface area contributed by atoms with Gasteiger partial charge in [0, 0.05) is 12.2 Å². The Morgan fingerprint density at radius 1 is 1.14 bits per heavy atom. The van der Waals surface area contributed by atoms with E-state index in [1.807, 2.05) is 0 Å². The van der Waals surface area contributed by atoms with Gasteiger partial charge in [-0.15, -0.1) is 0 Å². The SMILES string of the molecule is CC(C)CCNC(=O)COCC(=O)Nc1ccc(F)cc1. The molecule has 0 saturated carbocycles. The highest BCUT2D eigenvalue weighted by molar-refractivity contribution is 5.91. The van der Waals surface area contributed by atoms with E-state index in [1.54, 1.807) is 0 Å². The molecule has 1 rings (SSSR count). The maximum Gasteiger partial charge on any atom is 0.250 e. The van der Waals surface area contributed by atoms with Crippen molar-refractivity contribution in [3.8, 4) is 0 Å². The zero-order chi connectivity index (χ0) is 15.7. The van der Waals surface area contributed by atoms with Crippen LogP contribution in [0.15, 0.2) is 24.3 Å². The predicted molar refractivity (Wildman–Crippen MR) is 78.3 cm³/mol. The third-order valence-corrected chi connectivity index (χ3v) is 2.64. The summed E-state index contributed by atoms with van der Waals surface area (Å²) in [6, 6.07) is 5.40. The summed E-state index contributed by atoms with van der Waals surface area (Å²) >= 11 is 0. The van der Waals surface area contributed by atoms with E-state index in [-0.39, 0.29) is 24.9 Å². The third kappa shape index (κ3) is 8.04. The molecule has 1 aromatic rings. The fourth-order valence-corrected chi connectivity index (χ4v) is 1.52. The molecule has 6 heteroatoms. The quantitative estimate of drug-likeness (QED) is 0.770. The molecule has 0 unspecified atom stereocenters. The lowest BCUT2D eigenvalue weighted by Crippen LogP contribution is -2.30. The van der Waals surface area contributed by atoms with Gasteiger partial charge >= 0.3 is 0 Å². The Morgan fingerprint density at radius 3 is 2.38 bits per heavy atom. The van der Waals surface area contributed by atoms with Crippen molar-refractivity contribution in [3.63, 3.8) is 0 Å². The predicted octanol–water partition coefficient (Wildman–Crippen LogP) is 1.94. The second kappa shape index (κ2) is 9.07. The molecular formula is C15H21FN2O3. The van der Waals surface area contributed by atoms with Gasteiger partial charge in [0.15, 0.2) is 0 Å².